The van der Waals surface area contributed by atoms with E-state index in [0.717, 1.165) is 6.42 Å². The van der Waals surface area contributed by atoms with Crippen LogP contribution in [0, 0.1) is 5.41 Å². The van der Waals surface area contributed by atoms with Gasteiger partial charge in [-0.3, -0.25) is 4.79 Å². The van der Waals surface area contributed by atoms with Crippen molar-refractivity contribution in [3.8, 4) is 0 Å². The van der Waals surface area contributed by atoms with Gasteiger partial charge in [0.25, 0.3) is 0 Å². The van der Waals surface area contributed by atoms with E-state index in [9.17, 15) is 4.79 Å². The second kappa shape index (κ2) is 4.28. The molecule has 0 saturated carbocycles. The van der Waals surface area contributed by atoms with Crippen molar-refractivity contribution in [2.45, 2.75) is 46.0 Å². The van der Waals surface area contributed by atoms with E-state index >= 15 is 0 Å². The molecular weight excluding hydrogens is 184 g/mol. The molecule has 0 aromatic rings. The minimum absolute atomic E-state index is 0.142. The van der Waals surface area contributed by atoms with E-state index in [-0.39, 0.29) is 18.7 Å². The molecule has 0 aliphatic carbocycles. The number of rotatable bonds is 2. The fraction of sp³-hybridized carbons (Fsp3) is 0.900. The summed E-state index contributed by atoms with van der Waals surface area (Å²) in [6.07, 6.45) is 0.542. The molecule has 1 heterocycles. The van der Waals surface area contributed by atoms with E-state index in [1.807, 2.05) is 0 Å². The second-order valence-corrected chi connectivity index (χ2v) is 4.64. The number of aliphatic hydroxyl groups excluding tert-OH is 1. The van der Waals surface area contributed by atoms with Crippen LogP contribution >= 0.6 is 0 Å². The molecule has 1 rings (SSSR count). The van der Waals surface area contributed by atoms with Gasteiger partial charge in [0, 0.05) is 6.42 Å². The Morgan fingerprint density at radius 1 is 1.50 bits per heavy atom. The Morgan fingerprint density at radius 3 is 2.57 bits per heavy atom. The average Bonchev–Trinajstić information content (AvgIpc) is 2.45. The Morgan fingerprint density at radius 2 is 2.14 bits per heavy atom. The van der Waals surface area contributed by atoms with Gasteiger partial charge in [-0.25, -0.2) is 0 Å². The molecule has 0 aromatic heterocycles. The Kier molecular flexibility index (Phi) is 3.50. The largest absolute Gasteiger partial charge is 0.463 e. The smallest absolute Gasteiger partial charge is 0.311 e. The third kappa shape index (κ3) is 3.27. The van der Waals surface area contributed by atoms with Gasteiger partial charge in [0.2, 0.25) is 0 Å². The Bertz CT molecular complexity index is 207. The molecule has 0 radical (unpaired) electrons. The van der Waals surface area contributed by atoms with Crippen LogP contribution in [0.3, 0.4) is 0 Å². The van der Waals surface area contributed by atoms with Gasteiger partial charge in [-0.05, 0) is 27.2 Å². The molecule has 4 heteroatoms. The van der Waals surface area contributed by atoms with Crippen molar-refractivity contribution < 1.29 is 19.4 Å². The van der Waals surface area contributed by atoms with Gasteiger partial charge in [-0.1, -0.05) is 0 Å². The molecule has 1 saturated heterocycles. The molecule has 14 heavy (non-hydrogen) atoms. The number of esters is 1. The van der Waals surface area contributed by atoms with Gasteiger partial charge in [-0.15, -0.1) is 0 Å². The van der Waals surface area contributed by atoms with Gasteiger partial charge >= 0.3 is 5.97 Å². The Balaban J connectivity index is 2.24. The minimum Gasteiger partial charge on any atom is -0.463 e. The lowest BCUT2D eigenvalue weighted by atomic mass is 9.97. The van der Waals surface area contributed by atoms with Crippen LogP contribution in [0.1, 0.15) is 33.6 Å². The number of carbonyl (C=O) groups excluding carboxylic acids is 1. The fourth-order valence-electron chi connectivity index (χ4n) is 1.19. The summed E-state index contributed by atoms with van der Waals surface area (Å²) >= 11 is 0. The van der Waals surface area contributed by atoms with Crippen molar-refractivity contribution in [1.82, 2.24) is 0 Å². The third-order valence-electron chi connectivity index (χ3n) is 2.10. The first-order valence-corrected chi connectivity index (χ1v) is 4.90. The highest BCUT2D eigenvalue weighted by Crippen LogP contribution is 2.20. The van der Waals surface area contributed by atoms with Crippen LogP contribution in [0.15, 0.2) is 0 Å². The molecule has 1 aliphatic heterocycles. The standard InChI is InChI=1S/C10H18O4/c1-10(2,3)9(12)13-6-7-4-5-8(11)14-7/h7-8,11H,4-6H2,1-3H3/t7-,8?/m0/s1. The highest BCUT2D eigenvalue weighted by molar-refractivity contribution is 5.75. The van der Waals surface area contributed by atoms with Gasteiger partial charge in [0.15, 0.2) is 6.29 Å². The molecular formula is C10H18O4. The predicted octanol–water partition coefficient (Wildman–Crippen LogP) is 1.07. The van der Waals surface area contributed by atoms with Crippen LogP contribution < -0.4 is 0 Å². The monoisotopic (exact) mass is 202 g/mol. The number of carbonyl (C=O) groups is 1. The first-order chi connectivity index (χ1) is 6.39. The van der Waals surface area contributed by atoms with E-state index in [2.05, 4.69) is 0 Å². The van der Waals surface area contributed by atoms with E-state index < -0.39 is 11.7 Å². The quantitative estimate of drug-likeness (QED) is 0.680. The van der Waals surface area contributed by atoms with Crippen LogP contribution in [0.25, 0.3) is 0 Å². The van der Waals surface area contributed by atoms with Gasteiger partial charge in [0.1, 0.15) is 6.61 Å². The molecule has 0 aromatic carbocycles. The highest BCUT2D eigenvalue weighted by atomic mass is 16.6. The van der Waals surface area contributed by atoms with Gasteiger partial charge in [-0.2, -0.15) is 0 Å². The maximum atomic E-state index is 11.4. The molecule has 82 valence electrons. The van der Waals surface area contributed by atoms with Crippen molar-refractivity contribution in [2.75, 3.05) is 6.61 Å². The SMILES string of the molecule is CC(C)(C)C(=O)OC[C@@H]1CCC(O)O1. The molecule has 1 N–H and O–H groups in total. The van der Waals surface area contributed by atoms with E-state index in [1.54, 1.807) is 20.8 Å². The summed E-state index contributed by atoms with van der Waals surface area (Å²) in [7, 11) is 0. The molecule has 1 fully saturated rings. The summed E-state index contributed by atoms with van der Waals surface area (Å²) in [5, 5.41) is 9.06. The highest BCUT2D eigenvalue weighted by Gasteiger charge is 2.27. The van der Waals surface area contributed by atoms with Crippen molar-refractivity contribution in [1.29, 1.82) is 0 Å². The first kappa shape index (κ1) is 11.5. The lowest BCUT2D eigenvalue weighted by molar-refractivity contribution is -0.161. The molecule has 0 bridgehead atoms. The zero-order chi connectivity index (χ0) is 10.8. The lowest BCUT2D eigenvalue weighted by Crippen LogP contribution is -2.27. The number of hydrogen-bond donors (Lipinski definition) is 1. The Hall–Kier alpha value is -0.610. The topological polar surface area (TPSA) is 55.8 Å². The van der Waals surface area contributed by atoms with Crippen molar-refractivity contribution in [3.63, 3.8) is 0 Å². The minimum atomic E-state index is -0.687. The van der Waals surface area contributed by atoms with E-state index in [4.69, 9.17) is 14.6 Å². The molecule has 2 atom stereocenters. The van der Waals surface area contributed by atoms with Crippen LogP contribution in [0.5, 0.6) is 0 Å². The summed E-state index contributed by atoms with van der Waals surface area (Å²) < 4.78 is 10.2. The normalized spacial score (nSPS) is 27.7. The molecule has 1 unspecified atom stereocenters. The van der Waals surface area contributed by atoms with Crippen LogP contribution in [0.4, 0.5) is 0 Å². The van der Waals surface area contributed by atoms with Crippen LogP contribution in [0.2, 0.25) is 0 Å². The average molecular weight is 202 g/mol. The summed E-state index contributed by atoms with van der Waals surface area (Å²) in [5.41, 5.74) is -0.475. The molecule has 0 spiro atoms. The molecule has 0 amide bonds. The van der Waals surface area contributed by atoms with E-state index in [1.165, 1.54) is 0 Å². The zero-order valence-corrected chi connectivity index (χ0v) is 8.95. The first-order valence-electron chi connectivity index (χ1n) is 4.90. The summed E-state index contributed by atoms with van der Waals surface area (Å²) in [6, 6.07) is 0. The summed E-state index contributed by atoms with van der Waals surface area (Å²) in [6.45, 7) is 5.66. The maximum absolute atomic E-state index is 11.4. The fourth-order valence-corrected chi connectivity index (χ4v) is 1.19. The zero-order valence-electron chi connectivity index (χ0n) is 8.95. The number of hydrogen-bond acceptors (Lipinski definition) is 4. The van der Waals surface area contributed by atoms with Crippen LogP contribution in [-0.2, 0) is 14.3 Å². The number of ether oxygens (including phenoxy) is 2. The van der Waals surface area contributed by atoms with Crippen LogP contribution in [-0.4, -0.2) is 30.1 Å². The van der Waals surface area contributed by atoms with Gasteiger partial charge in [0.05, 0.1) is 11.5 Å². The molecule has 4 nitrogen and oxygen atoms in total. The predicted molar refractivity (Wildman–Crippen MR) is 50.5 cm³/mol. The second-order valence-electron chi connectivity index (χ2n) is 4.64. The molecule has 1 aliphatic rings. The summed E-state index contributed by atoms with van der Waals surface area (Å²) in [5.74, 6) is -0.234. The number of aliphatic hydroxyl groups is 1. The maximum Gasteiger partial charge on any atom is 0.311 e. The third-order valence-corrected chi connectivity index (χ3v) is 2.10. The van der Waals surface area contributed by atoms with Crippen molar-refractivity contribution in [3.05, 3.63) is 0 Å². The summed E-state index contributed by atoms with van der Waals surface area (Å²) in [4.78, 5) is 11.4. The Labute approximate surface area is 84.2 Å². The van der Waals surface area contributed by atoms with Crippen molar-refractivity contribution in [2.24, 2.45) is 5.41 Å². The van der Waals surface area contributed by atoms with Crippen molar-refractivity contribution >= 4 is 5.97 Å². The lowest BCUT2D eigenvalue weighted by Gasteiger charge is -2.18. The van der Waals surface area contributed by atoms with Gasteiger partial charge < -0.3 is 14.6 Å². The van der Waals surface area contributed by atoms with E-state index in [0.29, 0.717) is 6.42 Å².